The highest BCUT2D eigenvalue weighted by molar-refractivity contribution is 7.09. The van der Waals surface area contributed by atoms with Crippen molar-refractivity contribution in [3.8, 4) is 5.75 Å². The first-order valence-electron chi connectivity index (χ1n) is 5.78. The number of esters is 1. The molecule has 0 atom stereocenters. The van der Waals surface area contributed by atoms with Crippen LogP contribution in [0.1, 0.15) is 22.3 Å². The molecular formula is C13H14N2O3S. The number of rotatable bonds is 5. The van der Waals surface area contributed by atoms with Crippen molar-refractivity contribution < 1.29 is 14.3 Å². The molecule has 0 aliphatic heterocycles. The molecule has 19 heavy (non-hydrogen) atoms. The van der Waals surface area contributed by atoms with E-state index in [0.717, 1.165) is 5.01 Å². The van der Waals surface area contributed by atoms with Crippen LogP contribution in [0.4, 0.5) is 5.69 Å². The van der Waals surface area contributed by atoms with E-state index in [0.29, 0.717) is 23.6 Å². The van der Waals surface area contributed by atoms with Gasteiger partial charge in [0.15, 0.2) is 0 Å². The maximum Gasteiger partial charge on any atom is 0.338 e. The number of hydrogen-bond donors (Lipinski definition) is 1. The van der Waals surface area contributed by atoms with Crippen molar-refractivity contribution in [3.63, 3.8) is 0 Å². The van der Waals surface area contributed by atoms with Gasteiger partial charge in [0.1, 0.15) is 17.4 Å². The lowest BCUT2D eigenvalue weighted by molar-refractivity contribution is 0.0472. The van der Waals surface area contributed by atoms with Crippen molar-refractivity contribution in [1.82, 2.24) is 4.98 Å². The van der Waals surface area contributed by atoms with Gasteiger partial charge in [-0.25, -0.2) is 9.78 Å². The molecule has 5 nitrogen and oxygen atoms in total. The Balaban J connectivity index is 2.01. The first-order valence-corrected chi connectivity index (χ1v) is 6.66. The zero-order chi connectivity index (χ0) is 13.7. The van der Waals surface area contributed by atoms with E-state index in [4.69, 9.17) is 15.2 Å². The molecule has 0 amide bonds. The minimum absolute atomic E-state index is 0.170. The summed E-state index contributed by atoms with van der Waals surface area (Å²) in [7, 11) is 0. The number of nitrogen functional groups attached to an aromatic ring is 1. The van der Waals surface area contributed by atoms with Gasteiger partial charge in [-0.1, -0.05) is 0 Å². The molecular weight excluding hydrogens is 264 g/mol. The Labute approximate surface area is 115 Å². The van der Waals surface area contributed by atoms with Crippen LogP contribution in [-0.2, 0) is 11.3 Å². The van der Waals surface area contributed by atoms with Gasteiger partial charge in [-0.05, 0) is 25.1 Å². The Morgan fingerprint density at radius 2 is 2.32 bits per heavy atom. The molecule has 0 aliphatic carbocycles. The molecule has 2 aromatic rings. The Hall–Kier alpha value is -2.08. The van der Waals surface area contributed by atoms with Crippen LogP contribution in [0.25, 0.3) is 0 Å². The van der Waals surface area contributed by atoms with Crippen LogP contribution in [-0.4, -0.2) is 17.6 Å². The van der Waals surface area contributed by atoms with Crippen molar-refractivity contribution in [1.29, 1.82) is 0 Å². The second-order valence-electron chi connectivity index (χ2n) is 3.69. The van der Waals surface area contributed by atoms with Crippen LogP contribution in [0, 0.1) is 0 Å². The van der Waals surface area contributed by atoms with E-state index in [1.165, 1.54) is 11.3 Å². The molecule has 2 rings (SSSR count). The Morgan fingerprint density at radius 3 is 2.95 bits per heavy atom. The van der Waals surface area contributed by atoms with Crippen molar-refractivity contribution in [2.45, 2.75) is 13.5 Å². The maximum atomic E-state index is 11.8. The number of anilines is 1. The summed E-state index contributed by atoms with van der Waals surface area (Å²) >= 11 is 1.44. The minimum Gasteiger partial charge on any atom is -0.492 e. The van der Waals surface area contributed by atoms with Crippen LogP contribution < -0.4 is 10.5 Å². The smallest absolute Gasteiger partial charge is 0.338 e. The standard InChI is InChI=1S/C13H14N2O3S/c1-2-17-11-4-3-9(7-10(11)14)13(16)18-8-12-15-5-6-19-12/h3-7H,2,8,14H2,1H3. The zero-order valence-corrected chi connectivity index (χ0v) is 11.3. The Bertz CT molecular complexity index is 555. The largest absolute Gasteiger partial charge is 0.492 e. The number of ether oxygens (including phenoxy) is 2. The summed E-state index contributed by atoms with van der Waals surface area (Å²) in [5.74, 6) is 0.143. The summed E-state index contributed by atoms with van der Waals surface area (Å²) in [5.41, 5.74) is 6.62. The third-order valence-corrected chi connectivity index (χ3v) is 3.11. The molecule has 1 aromatic carbocycles. The summed E-state index contributed by atoms with van der Waals surface area (Å²) in [5, 5.41) is 2.59. The quantitative estimate of drug-likeness (QED) is 0.671. The molecule has 0 saturated carbocycles. The van der Waals surface area contributed by atoms with E-state index in [1.54, 1.807) is 24.4 Å². The van der Waals surface area contributed by atoms with E-state index in [1.807, 2.05) is 12.3 Å². The summed E-state index contributed by atoms with van der Waals surface area (Å²) in [6.45, 7) is 2.57. The van der Waals surface area contributed by atoms with Crippen LogP contribution >= 0.6 is 11.3 Å². The number of carbonyl (C=O) groups excluding carboxylic acids is 1. The highest BCUT2D eigenvalue weighted by Crippen LogP contribution is 2.23. The van der Waals surface area contributed by atoms with Crippen LogP contribution in [0.5, 0.6) is 5.75 Å². The summed E-state index contributed by atoms with van der Waals surface area (Å²) in [6.07, 6.45) is 1.67. The third-order valence-electron chi connectivity index (χ3n) is 2.36. The monoisotopic (exact) mass is 278 g/mol. The number of hydrogen-bond acceptors (Lipinski definition) is 6. The summed E-state index contributed by atoms with van der Waals surface area (Å²) < 4.78 is 10.4. The molecule has 2 N–H and O–H groups in total. The Kier molecular flexibility index (Phi) is 4.35. The average molecular weight is 278 g/mol. The molecule has 0 radical (unpaired) electrons. The van der Waals surface area contributed by atoms with Crippen LogP contribution in [0.3, 0.4) is 0 Å². The van der Waals surface area contributed by atoms with Gasteiger partial charge in [0.25, 0.3) is 0 Å². The molecule has 0 unspecified atom stereocenters. The van der Waals surface area contributed by atoms with Gasteiger partial charge < -0.3 is 15.2 Å². The average Bonchev–Trinajstić information content (AvgIpc) is 2.91. The molecule has 100 valence electrons. The minimum atomic E-state index is -0.426. The van der Waals surface area contributed by atoms with E-state index in [2.05, 4.69) is 4.98 Å². The van der Waals surface area contributed by atoms with Gasteiger partial charge in [-0.15, -0.1) is 11.3 Å². The lowest BCUT2D eigenvalue weighted by Crippen LogP contribution is -2.06. The fourth-order valence-electron chi connectivity index (χ4n) is 1.50. The second-order valence-corrected chi connectivity index (χ2v) is 4.67. The molecule has 1 heterocycles. The van der Waals surface area contributed by atoms with Crippen molar-refractivity contribution in [2.75, 3.05) is 12.3 Å². The maximum absolute atomic E-state index is 11.8. The van der Waals surface area contributed by atoms with Gasteiger partial charge in [-0.3, -0.25) is 0 Å². The molecule has 6 heteroatoms. The molecule has 0 bridgehead atoms. The SMILES string of the molecule is CCOc1ccc(C(=O)OCc2nccs2)cc1N. The van der Waals surface area contributed by atoms with Crippen molar-refractivity contribution in [3.05, 3.63) is 40.3 Å². The predicted octanol–water partition coefficient (Wildman–Crippen LogP) is 2.48. The van der Waals surface area contributed by atoms with Gasteiger partial charge in [-0.2, -0.15) is 0 Å². The van der Waals surface area contributed by atoms with Crippen molar-refractivity contribution in [2.24, 2.45) is 0 Å². The highest BCUT2D eigenvalue weighted by atomic mass is 32.1. The first kappa shape index (κ1) is 13.4. The van der Waals surface area contributed by atoms with E-state index >= 15 is 0 Å². The topological polar surface area (TPSA) is 74.4 Å². The van der Waals surface area contributed by atoms with Crippen molar-refractivity contribution >= 4 is 23.0 Å². The van der Waals surface area contributed by atoms with Gasteiger partial charge in [0.2, 0.25) is 0 Å². The number of nitrogens with zero attached hydrogens (tertiary/aromatic N) is 1. The van der Waals surface area contributed by atoms with Crippen LogP contribution in [0.15, 0.2) is 29.8 Å². The zero-order valence-electron chi connectivity index (χ0n) is 10.5. The molecule has 0 aliphatic rings. The molecule has 0 spiro atoms. The van der Waals surface area contributed by atoms with Gasteiger partial charge in [0, 0.05) is 11.6 Å². The fraction of sp³-hybridized carbons (Fsp3) is 0.231. The first-order chi connectivity index (χ1) is 9.20. The van der Waals surface area contributed by atoms with Gasteiger partial charge in [0.05, 0.1) is 17.9 Å². The van der Waals surface area contributed by atoms with Crippen LogP contribution in [0.2, 0.25) is 0 Å². The predicted molar refractivity (Wildman–Crippen MR) is 73.3 cm³/mol. The highest BCUT2D eigenvalue weighted by Gasteiger charge is 2.10. The molecule has 0 fully saturated rings. The van der Waals surface area contributed by atoms with E-state index in [-0.39, 0.29) is 6.61 Å². The lowest BCUT2D eigenvalue weighted by atomic mass is 10.2. The number of carbonyl (C=O) groups is 1. The molecule has 1 aromatic heterocycles. The molecule has 0 saturated heterocycles. The fourth-order valence-corrected chi connectivity index (χ4v) is 2.02. The number of aromatic nitrogens is 1. The lowest BCUT2D eigenvalue weighted by Gasteiger charge is -2.08. The van der Waals surface area contributed by atoms with Gasteiger partial charge >= 0.3 is 5.97 Å². The number of thiazole rings is 1. The normalized spacial score (nSPS) is 10.2. The summed E-state index contributed by atoms with van der Waals surface area (Å²) in [4.78, 5) is 15.9. The van der Waals surface area contributed by atoms with E-state index in [9.17, 15) is 4.79 Å². The second kappa shape index (κ2) is 6.19. The number of nitrogens with two attached hydrogens (primary N) is 1. The summed E-state index contributed by atoms with van der Waals surface area (Å²) in [6, 6.07) is 4.85. The third kappa shape index (κ3) is 3.45. The van der Waals surface area contributed by atoms with E-state index < -0.39 is 5.97 Å². The number of benzene rings is 1. The Morgan fingerprint density at radius 1 is 1.47 bits per heavy atom.